The van der Waals surface area contributed by atoms with Gasteiger partial charge in [-0.3, -0.25) is 14.8 Å². The number of benzene rings is 3. The van der Waals surface area contributed by atoms with Gasteiger partial charge in [-0.1, -0.05) is 18.2 Å². The van der Waals surface area contributed by atoms with Crippen LogP contribution in [0.5, 0.6) is 0 Å². The first-order chi connectivity index (χ1) is 16.2. The van der Waals surface area contributed by atoms with E-state index in [-0.39, 0.29) is 30.7 Å². The molecule has 0 unspecified atom stereocenters. The zero-order valence-electron chi connectivity index (χ0n) is 18.5. The Labute approximate surface area is 215 Å². The number of pyridine rings is 2. The molecule has 0 atom stereocenters. The Morgan fingerprint density at radius 2 is 1.20 bits per heavy atom. The maximum atomic E-state index is 12.7. The zero-order chi connectivity index (χ0) is 22.5. The Morgan fingerprint density at radius 1 is 0.600 bits per heavy atom. The Hall–Kier alpha value is -4.13. The van der Waals surface area contributed by atoms with Crippen molar-refractivity contribution in [3.8, 4) is 0 Å². The van der Waals surface area contributed by atoms with Gasteiger partial charge in [0.15, 0.2) is 0 Å². The van der Waals surface area contributed by atoms with Gasteiger partial charge in [-0.05, 0) is 72.8 Å². The molecule has 0 spiro atoms. The van der Waals surface area contributed by atoms with Crippen LogP contribution in [-0.2, 0) is 0 Å². The van der Waals surface area contributed by atoms with Crippen molar-refractivity contribution in [3.63, 3.8) is 0 Å². The standard InChI is InChI=1S/C27H21N5O.2ClH/c33-27(32-22-11-9-20(10-12-22)30-23-13-16-28-17-14-23)19-5-7-21(8-6-19)31-26-15-18-29-25-4-2-1-3-24(25)26;;/h1-18H,(H,28,30)(H,29,31)(H,32,33);2*1H. The van der Waals surface area contributed by atoms with E-state index < -0.39 is 0 Å². The largest absolute Gasteiger partial charge is 0.355 e. The summed E-state index contributed by atoms with van der Waals surface area (Å²) >= 11 is 0. The lowest BCUT2D eigenvalue weighted by molar-refractivity contribution is 0.102. The highest BCUT2D eigenvalue weighted by molar-refractivity contribution is 6.04. The van der Waals surface area contributed by atoms with E-state index in [0.717, 1.165) is 39.3 Å². The molecule has 0 bridgehead atoms. The molecular formula is C27H23Cl2N5O. The summed E-state index contributed by atoms with van der Waals surface area (Å²) in [7, 11) is 0. The van der Waals surface area contributed by atoms with E-state index in [9.17, 15) is 4.79 Å². The molecule has 3 N–H and O–H groups in total. The van der Waals surface area contributed by atoms with Gasteiger partial charge in [0.1, 0.15) is 0 Å². The van der Waals surface area contributed by atoms with Crippen LogP contribution in [0.3, 0.4) is 0 Å². The SMILES string of the molecule is Cl.Cl.O=C(Nc1ccc(Nc2ccncc2)cc1)c1ccc(Nc2ccnc3ccccc23)cc1. The average Bonchev–Trinajstić information content (AvgIpc) is 2.86. The smallest absolute Gasteiger partial charge is 0.255 e. The molecule has 5 rings (SSSR count). The summed E-state index contributed by atoms with van der Waals surface area (Å²) in [6.45, 7) is 0. The van der Waals surface area contributed by atoms with Crippen molar-refractivity contribution in [2.24, 2.45) is 0 Å². The number of halogens is 2. The van der Waals surface area contributed by atoms with Gasteiger partial charge in [0.2, 0.25) is 0 Å². The van der Waals surface area contributed by atoms with E-state index >= 15 is 0 Å². The fourth-order valence-electron chi connectivity index (χ4n) is 3.51. The normalized spacial score (nSPS) is 9.94. The molecule has 0 radical (unpaired) electrons. The number of para-hydroxylation sites is 1. The Balaban J connectivity index is 0.00000171. The minimum atomic E-state index is -0.161. The third-order valence-electron chi connectivity index (χ3n) is 5.19. The molecular weight excluding hydrogens is 481 g/mol. The minimum Gasteiger partial charge on any atom is -0.355 e. The van der Waals surface area contributed by atoms with Crippen molar-refractivity contribution in [2.45, 2.75) is 0 Å². The number of fused-ring (bicyclic) bond motifs is 1. The molecule has 176 valence electrons. The molecule has 1 amide bonds. The average molecular weight is 504 g/mol. The predicted octanol–water partition coefficient (Wildman–Crippen LogP) is 7.21. The van der Waals surface area contributed by atoms with Gasteiger partial charge in [0, 0.05) is 58.0 Å². The molecule has 0 saturated heterocycles. The summed E-state index contributed by atoms with van der Waals surface area (Å²) in [6.07, 6.45) is 5.25. The van der Waals surface area contributed by atoms with Crippen LogP contribution in [0, 0.1) is 0 Å². The number of carbonyl (C=O) groups is 1. The number of aromatic nitrogens is 2. The third-order valence-corrected chi connectivity index (χ3v) is 5.19. The lowest BCUT2D eigenvalue weighted by atomic mass is 10.1. The van der Waals surface area contributed by atoms with Gasteiger partial charge in [-0.25, -0.2) is 0 Å². The van der Waals surface area contributed by atoms with Crippen LogP contribution >= 0.6 is 24.8 Å². The molecule has 2 aromatic heterocycles. The third kappa shape index (κ3) is 6.26. The summed E-state index contributed by atoms with van der Waals surface area (Å²) in [5, 5.41) is 10.7. The van der Waals surface area contributed by atoms with Gasteiger partial charge >= 0.3 is 0 Å². The molecule has 0 saturated carbocycles. The molecule has 0 aliphatic carbocycles. The molecule has 8 heteroatoms. The maximum Gasteiger partial charge on any atom is 0.255 e. The molecule has 0 aliphatic heterocycles. The molecule has 3 aromatic carbocycles. The quantitative estimate of drug-likeness (QED) is 0.228. The number of rotatable bonds is 6. The monoisotopic (exact) mass is 503 g/mol. The van der Waals surface area contributed by atoms with Crippen LogP contribution in [0.4, 0.5) is 28.4 Å². The van der Waals surface area contributed by atoms with E-state index in [4.69, 9.17) is 0 Å². The lowest BCUT2D eigenvalue weighted by Gasteiger charge is -2.11. The topological polar surface area (TPSA) is 78.9 Å². The van der Waals surface area contributed by atoms with Gasteiger partial charge in [0.25, 0.3) is 5.91 Å². The minimum absolute atomic E-state index is 0. The zero-order valence-corrected chi connectivity index (χ0v) is 20.1. The summed E-state index contributed by atoms with van der Waals surface area (Å²) in [6, 6.07) is 28.7. The van der Waals surface area contributed by atoms with E-state index in [1.807, 2.05) is 78.9 Å². The maximum absolute atomic E-state index is 12.7. The van der Waals surface area contributed by atoms with Gasteiger partial charge in [0.05, 0.1) is 5.52 Å². The highest BCUT2D eigenvalue weighted by Crippen LogP contribution is 2.25. The second-order valence-corrected chi connectivity index (χ2v) is 7.47. The van der Waals surface area contributed by atoms with Crippen molar-refractivity contribution in [2.75, 3.05) is 16.0 Å². The summed E-state index contributed by atoms with van der Waals surface area (Å²) in [5.41, 5.74) is 5.99. The highest BCUT2D eigenvalue weighted by Gasteiger charge is 2.07. The van der Waals surface area contributed by atoms with E-state index in [0.29, 0.717) is 5.56 Å². The van der Waals surface area contributed by atoms with Gasteiger partial charge in [-0.15, -0.1) is 24.8 Å². The highest BCUT2D eigenvalue weighted by atomic mass is 35.5. The number of hydrogen-bond donors (Lipinski definition) is 3. The molecule has 0 fully saturated rings. The van der Waals surface area contributed by atoms with Crippen LogP contribution in [0.2, 0.25) is 0 Å². The van der Waals surface area contributed by atoms with Crippen molar-refractivity contribution >= 4 is 70.1 Å². The summed E-state index contributed by atoms with van der Waals surface area (Å²) in [4.78, 5) is 21.1. The van der Waals surface area contributed by atoms with Crippen molar-refractivity contribution < 1.29 is 4.79 Å². The van der Waals surface area contributed by atoms with Crippen molar-refractivity contribution in [1.82, 2.24) is 9.97 Å². The molecule has 35 heavy (non-hydrogen) atoms. The summed E-state index contributed by atoms with van der Waals surface area (Å²) < 4.78 is 0. The van der Waals surface area contributed by atoms with Crippen LogP contribution < -0.4 is 16.0 Å². The first-order valence-electron chi connectivity index (χ1n) is 10.5. The number of nitrogens with zero attached hydrogens (tertiary/aromatic N) is 2. The number of carbonyl (C=O) groups excluding carboxylic acids is 1. The molecule has 2 heterocycles. The second-order valence-electron chi connectivity index (χ2n) is 7.47. The second kappa shape index (κ2) is 11.8. The van der Waals surface area contributed by atoms with E-state index in [1.54, 1.807) is 30.7 Å². The molecule has 6 nitrogen and oxygen atoms in total. The fourth-order valence-corrected chi connectivity index (χ4v) is 3.51. The van der Waals surface area contributed by atoms with Crippen LogP contribution in [0.1, 0.15) is 10.4 Å². The van der Waals surface area contributed by atoms with E-state index in [2.05, 4.69) is 25.9 Å². The first-order valence-corrected chi connectivity index (χ1v) is 10.5. The van der Waals surface area contributed by atoms with Crippen LogP contribution in [0.15, 0.2) is 110 Å². The molecule has 5 aromatic rings. The first kappa shape index (κ1) is 25.5. The number of nitrogens with one attached hydrogen (secondary N) is 3. The lowest BCUT2D eigenvalue weighted by Crippen LogP contribution is -2.11. The molecule has 0 aliphatic rings. The van der Waals surface area contributed by atoms with E-state index in [1.165, 1.54) is 0 Å². The Bertz CT molecular complexity index is 1390. The van der Waals surface area contributed by atoms with Gasteiger partial charge < -0.3 is 16.0 Å². The van der Waals surface area contributed by atoms with Crippen LogP contribution in [0.25, 0.3) is 10.9 Å². The number of amides is 1. The van der Waals surface area contributed by atoms with Crippen LogP contribution in [-0.4, -0.2) is 15.9 Å². The number of anilines is 5. The van der Waals surface area contributed by atoms with Crippen molar-refractivity contribution in [3.05, 3.63) is 115 Å². The Kier molecular flexibility index (Phi) is 8.62. The fraction of sp³-hybridized carbons (Fsp3) is 0. The van der Waals surface area contributed by atoms with Crippen molar-refractivity contribution in [1.29, 1.82) is 0 Å². The summed E-state index contributed by atoms with van der Waals surface area (Å²) in [5.74, 6) is -0.161. The van der Waals surface area contributed by atoms with Gasteiger partial charge in [-0.2, -0.15) is 0 Å². The number of hydrogen-bond acceptors (Lipinski definition) is 5. The Morgan fingerprint density at radius 3 is 1.94 bits per heavy atom. The predicted molar refractivity (Wildman–Crippen MR) is 148 cm³/mol.